The molecule has 0 aliphatic carbocycles. The third-order valence-electron chi connectivity index (χ3n) is 3.51. The van der Waals surface area contributed by atoms with Crippen LogP contribution >= 0.6 is 0 Å². The van der Waals surface area contributed by atoms with Crippen molar-refractivity contribution >= 4 is 17.8 Å². The molecule has 1 rings (SSSR count). The number of carbonyl (C=O) groups is 3. The summed E-state index contributed by atoms with van der Waals surface area (Å²) in [4.78, 5) is 34.1. The van der Waals surface area contributed by atoms with E-state index in [1.165, 1.54) is 26.7 Å². The summed E-state index contributed by atoms with van der Waals surface area (Å²) in [6, 6.07) is 4.85. The minimum Gasteiger partial charge on any atom is -0.423 e. The third kappa shape index (κ3) is 8.88. The van der Waals surface area contributed by atoms with Crippen molar-refractivity contribution in [1.82, 2.24) is 5.32 Å². The molecule has 1 N–H and O–H groups in total. The lowest BCUT2D eigenvalue weighted by Gasteiger charge is -2.11. The SMILES string of the molecule is CCCCCCCC(=O)NCc1ccc(OC(C)=O)c(OC(C)=O)c1. The maximum Gasteiger partial charge on any atom is 0.308 e. The van der Waals surface area contributed by atoms with Crippen LogP contribution in [-0.2, 0) is 20.9 Å². The Bertz CT molecular complexity index is 597. The number of benzene rings is 1. The summed E-state index contributed by atoms with van der Waals surface area (Å²) >= 11 is 0. The van der Waals surface area contributed by atoms with Crippen molar-refractivity contribution < 1.29 is 23.9 Å². The topological polar surface area (TPSA) is 81.7 Å². The number of rotatable bonds is 10. The van der Waals surface area contributed by atoms with Crippen LogP contribution < -0.4 is 14.8 Å². The summed E-state index contributed by atoms with van der Waals surface area (Å²) in [6.45, 7) is 5.02. The van der Waals surface area contributed by atoms with Gasteiger partial charge in [0.1, 0.15) is 0 Å². The molecule has 1 aromatic carbocycles. The molecule has 0 unspecified atom stereocenters. The molecular formula is C19H27NO5. The van der Waals surface area contributed by atoms with Gasteiger partial charge in [-0.3, -0.25) is 14.4 Å². The molecule has 138 valence electrons. The number of amides is 1. The van der Waals surface area contributed by atoms with Gasteiger partial charge in [0, 0.05) is 26.8 Å². The van der Waals surface area contributed by atoms with Gasteiger partial charge in [-0.15, -0.1) is 0 Å². The quantitative estimate of drug-likeness (QED) is 0.397. The molecule has 0 aliphatic rings. The van der Waals surface area contributed by atoms with E-state index in [1.54, 1.807) is 18.2 Å². The van der Waals surface area contributed by atoms with Crippen LogP contribution in [-0.4, -0.2) is 17.8 Å². The van der Waals surface area contributed by atoms with Crippen LogP contribution in [0.5, 0.6) is 11.5 Å². The van der Waals surface area contributed by atoms with Gasteiger partial charge >= 0.3 is 11.9 Å². The van der Waals surface area contributed by atoms with Crippen molar-refractivity contribution in [2.45, 2.75) is 65.8 Å². The molecule has 1 aromatic rings. The predicted molar refractivity (Wildman–Crippen MR) is 94.3 cm³/mol. The van der Waals surface area contributed by atoms with Crippen LogP contribution in [0.2, 0.25) is 0 Å². The van der Waals surface area contributed by atoms with Crippen molar-refractivity contribution in [2.24, 2.45) is 0 Å². The van der Waals surface area contributed by atoms with Crippen LogP contribution in [0.4, 0.5) is 0 Å². The zero-order valence-electron chi connectivity index (χ0n) is 15.2. The standard InChI is InChI=1S/C19H27NO5/c1-4-5-6-7-8-9-19(23)20-13-16-10-11-17(24-14(2)21)18(12-16)25-15(3)22/h10-12H,4-9,13H2,1-3H3,(H,20,23). The molecule has 25 heavy (non-hydrogen) atoms. The van der Waals surface area contributed by atoms with Gasteiger partial charge < -0.3 is 14.8 Å². The Morgan fingerprint density at radius 1 is 0.920 bits per heavy atom. The van der Waals surface area contributed by atoms with E-state index in [1.807, 2.05) is 0 Å². The summed E-state index contributed by atoms with van der Waals surface area (Å²) in [7, 11) is 0. The Kier molecular flexibility index (Phi) is 9.29. The normalized spacial score (nSPS) is 10.2. The van der Waals surface area contributed by atoms with Gasteiger partial charge in [0.15, 0.2) is 11.5 Å². The maximum absolute atomic E-state index is 11.9. The molecule has 0 radical (unpaired) electrons. The number of hydrogen-bond acceptors (Lipinski definition) is 5. The summed E-state index contributed by atoms with van der Waals surface area (Å²) in [6.07, 6.45) is 6.00. The molecule has 0 aliphatic heterocycles. The zero-order chi connectivity index (χ0) is 18.7. The molecule has 1 amide bonds. The van der Waals surface area contributed by atoms with Crippen LogP contribution in [0.15, 0.2) is 18.2 Å². The highest BCUT2D eigenvalue weighted by atomic mass is 16.6. The number of carbonyl (C=O) groups excluding carboxylic acids is 3. The highest BCUT2D eigenvalue weighted by Gasteiger charge is 2.11. The van der Waals surface area contributed by atoms with Crippen LogP contribution in [0, 0.1) is 0 Å². The monoisotopic (exact) mass is 349 g/mol. The lowest BCUT2D eigenvalue weighted by molar-refractivity contribution is -0.134. The lowest BCUT2D eigenvalue weighted by Crippen LogP contribution is -2.22. The zero-order valence-corrected chi connectivity index (χ0v) is 15.2. The molecule has 0 saturated heterocycles. The van der Waals surface area contributed by atoms with Gasteiger partial charge in [-0.2, -0.15) is 0 Å². The highest BCUT2D eigenvalue weighted by Crippen LogP contribution is 2.28. The maximum atomic E-state index is 11.9. The number of ether oxygens (including phenoxy) is 2. The van der Waals surface area contributed by atoms with Crippen LogP contribution in [0.3, 0.4) is 0 Å². The Hall–Kier alpha value is -2.37. The second-order valence-corrected chi connectivity index (χ2v) is 5.91. The van der Waals surface area contributed by atoms with Crippen molar-refractivity contribution in [2.75, 3.05) is 0 Å². The summed E-state index contributed by atoms with van der Waals surface area (Å²) in [5.74, 6) is -0.684. The Labute approximate surface area is 148 Å². The largest absolute Gasteiger partial charge is 0.423 e. The Morgan fingerprint density at radius 3 is 2.20 bits per heavy atom. The van der Waals surface area contributed by atoms with Crippen molar-refractivity contribution in [1.29, 1.82) is 0 Å². The van der Waals surface area contributed by atoms with Crippen LogP contribution in [0.25, 0.3) is 0 Å². The summed E-state index contributed by atoms with van der Waals surface area (Å²) < 4.78 is 10.1. The first-order valence-electron chi connectivity index (χ1n) is 8.68. The molecule has 0 fully saturated rings. The number of unbranched alkanes of at least 4 members (excludes halogenated alkanes) is 4. The summed E-state index contributed by atoms with van der Waals surface area (Å²) in [5.41, 5.74) is 0.756. The molecule has 0 atom stereocenters. The van der Waals surface area contributed by atoms with E-state index in [4.69, 9.17) is 9.47 Å². The van der Waals surface area contributed by atoms with E-state index in [9.17, 15) is 14.4 Å². The number of hydrogen-bond donors (Lipinski definition) is 1. The molecule has 0 spiro atoms. The Balaban J connectivity index is 2.56. The highest BCUT2D eigenvalue weighted by molar-refractivity contribution is 5.76. The van der Waals surface area contributed by atoms with Gasteiger partial charge in [0.05, 0.1) is 0 Å². The molecule has 0 aromatic heterocycles. The molecule has 0 heterocycles. The first-order chi connectivity index (χ1) is 11.9. The second kappa shape index (κ2) is 11.2. The van der Waals surface area contributed by atoms with Crippen molar-refractivity contribution in [3.63, 3.8) is 0 Å². The van der Waals surface area contributed by atoms with E-state index in [0.29, 0.717) is 13.0 Å². The fraction of sp³-hybridized carbons (Fsp3) is 0.526. The smallest absolute Gasteiger partial charge is 0.308 e. The van der Waals surface area contributed by atoms with Gasteiger partial charge in [0.25, 0.3) is 0 Å². The minimum absolute atomic E-state index is 0.00500. The first-order valence-corrected chi connectivity index (χ1v) is 8.68. The average molecular weight is 349 g/mol. The fourth-order valence-electron chi connectivity index (χ4n) is 2.31. The van der Waals surface area contributed by atoms with E-state index >= 15 is 0 Å². The van der Waals surface area contributed by atoms with Gasteiger partial charge in [-0.05, 0) is 24.1 Å². The first kappa shape index (κ1) is 20.7. The fourth-order valence-corrected chi connectivity index (χ4v) is 2.31. The number of nitrogens with one attached hydrogen (secondary N) is 1. The van der Waals surface area contributed by atoms with Crippen molar-refractivity contribution in [3.8, 4) is 11.5 Å². The average Bonchev–Trinajstić information content (AvgIpc) is 2.54. The van der Waals surface area contributed by atoms with E-state index in [-0.39, 0.29) is 17.4 Å². The van der Waals surface area contributed by atoms with Gasteiger partial charge in [-0.1, -0.05) is 38.7 Å². The number of esters is 2. The molecule has 0 saturated carbocycles. The summed E-state index contributed by atoms with van der Waals surface area (Å²) in [5, 5.41) is 2.84. The van der Waals surface area contributed by atoms with E-state index in [2.05, 4.69) is 12.2 Å². The predicted octanol–water partition coefficient (Wildman–Crippen LogP) is 3.51. The molecule has 6 nitrogen and oxygen atoms in total. The molecule has 0 bridgehead atoms. The molecule has 6 heteroatoms. The second-order valence-electron chi connectivity index (χ2n) is 5.91. The van der Waals surface area contributed by atoms with Gasteiger partial charge in [-0.25, -0.2) is 0 Å². The Morgan fingerprint density at radius 2 is 1.56 bits per heavy atom. The van der Waals surface area contributed by atoms with E-state index in [0.717, 1.165) is 24.8 Å². The third-order valence-corrected chi connectivity index (χ3v) is 3.51. The molecular weight excluding hydrogens is 322 g/mol. The van der Waals surface area contributed by atoms with E-state index < -0.39 is 11.9 Å². The van der Waals surface area contributed by atoms with Crippen molar-refractivity contribution in [3.05, 3.63) is 23.8 Å². The lowest BCUT2D eigenvalue weighted by atomic mass is 10.1. The minimum atomic E-state index is -0.512. The van der Waals surface area contributed by atoms with Crippen LogP contribution in [0.1, 0.15) is 64.9 Å². The van der Waals surface area contributed by atoms with Gasteiger partial charge in [0.2, 0.25) is 5.91 Å².